The summed E-state index contributed by atoms with van der Waals surface area (Å²) in [4.78, 5) is 13.0. The Morgan fingerprint density at radius 2 is 1.92 bits per heavy atom. The summed E-state index contributed by atoms with van der Waals surface area (Å²) in [5, 5.41) is 16.4. The van der Waals surface area contributed by atoms with Crippen LogP contribution in [0.15, 0.2) is 59.8 Å². The van der Waals surface area contributed by atoms with E-state index in [1.165, 1.54) is 6.07 Å². The van der Waals surface area contributed by atoms with Gasteiger partial charge in [0.15, 0.2) is 10.9 Å². The van der Waals surface area contributed by atoms with E-state index in [0.29, 0.717) is 21.9 Å². The van der Waals surface area contributed by atoms with Gasteiger partial charge in [0.25, 0.3) is 0 Å². The Balaban J connectivity index is 2.08. The Hall–Kier alpha value is -2.37. The maximum Gasteiger partial charge on any atom is 0.193 e. The average molecular weight is 359 g/mol. The third kappa shape index (κ3) is 3.13. The predicted octanol–water partition coefficient (Wildman–Crippen LogP) is 3.72. The molecule has 0 bridgehead atoms. The van der Waals surface area contributed by atoms with Crippen molar-refractivity contribution in [3.63, 3.8) is 0 Å². The molecule has 1 aliphatic heterocycles. The Morgan fingerprint density at radius 1 is 1.21 bits per heavy atom. The maximum atomic E-state index is 13.0. The van der Waals surface area contributed by atoms with Crippen molar-refractivity contribution in [2.24, 2.45) is 0 Å². The molecule has 122 valence electrons. The van der Waals surface area contributed by atoms with Gasteiger partial charge in [0.1, 0.15) is 5.75 Å². The van der Waals surface area contributed by atoms with Crippen LogP contribution in [-0.2, 0) is 0 Å². The summed E-state index contributed by atoms with van der Waals surface area (Å²) in [5.41, 5.74) is 2.61. The number of benzene rings is 2. The molecule has 0 radical (unpaired) electrons. The quantitative estimate of drug-likeness (QED) is 0.576. The zero-order valence-corrected chi connectivity index (χ0v) is 14.4. The lowest BCUT2D eigenvalue weighted by atomic mass is 9.89. The number of aromatic hydroxyl groups is 1. The van der Waals surface area contributed by atoms with E-state index in [1.807, 2.05) is 25.1 Å². The number of nitrogens with one attached hydrogen (secondary N) is 2. The molecule has 1 atom stereocenters. The van der Waals surface area contributed by atoms with Gasteiger partial charge >= 0.3 is 0 Å². The first-order chi connectivity index (χ1) is 11.5. The van der Waals surface area contributed by atoms with E-state index in [0.717, 1.165) is 5.56 Å². The Kier molecular flexibility index (Phi) is 4.55. The maximum absolute atomic E-state index is 13.0. The molecule has 0 aromatic heterocycles. The minimum absolute atomic E-state index is 0.00596. The van der Waals surface area contributed by atoms with E-state index in [-0.39, 0.29) is 16.6 Å². The summed E-state index contributed by atoms with van der Waals surface area (Å²) in [5.74, 6) is -0.0987. The first kappa shape index (κ1) is 16.5. The molecule has 0 aliphatic carbocycles. The summed E-state index contributed by atoms with van der Waals surface area (Å²) in [6.45, 7) is 1.82. The normalized spacial score (nSPS) is 17.2. The highest BCUT2D eigenvalue weighted by Crippen LogP contribution is 2.33. The molecule has 0 saturated carbocycles. The van der Waals surface area contributed by atoms with Crippen molar-refractivity contribution in [3.8, 4) is 5.75 Å². The first-order valence-corrected chi connectivity index (χ1v) is 8.12. The van der Waals surface area contributed by atoms with Crippen LogP contribution in [-0.4, -0.2) is 16.0 Å². The molecule has 24 heavy (non-hydrogen) atoms. The van der Waals surface area contributed by atoms with E-state index in [9.17, 15) is 9.90 Å². The van der Waals surface area contributed by atoms with E-state index in [1.54, 1.807) is 24.3 Å². The molecule has 0 amide bonds. The molecule has 3 rings (SSSR count). The Morgan fingerprint density at radius 3 is 2.58 bits per heavy atom. The number of hydrogen-bond acceptors (Lipinski definition) is 3. The van der Waals surface area contributed by atoms with Crippen LogP contribution in [0.2, 0.25) is 5.02 Å². The van der Waals surface area contributed by atoms with Crippen LogP contribution in [0, 0.1) is 0 Å². The molecule has 0 saturated heterocycles. The standard InChI is InChI=1S/C18H15ClN2O2S/c1-10-15(17(23)11-5-3-2-4-6-11)16(21-18(24)20-10)12-7-8-14(22)13(19)9-12/h2-9,16,22H,1H3,(H2,20,21,24). The highest BCUT2D eigenvalue weighted by atomic mass is 35.5. The third-order valence-corrected chi connectivity index (χ3v) is 4.38. The summed E-state index contributed by atoms with van der Waals surface area (Å²) in [6, 6.07) is 13.5. The van der Waals surface area contributed by atoms with Crippen LogP contribution in [0.5, 0.6) is 5.75 Å². The van der Waals surface area contributed by atoms with Crippen molar-refractivity contribution >= 4 is 34.7 Å². The molecular weight excluding hydrogens is 344 g/mol. The summed E-state index contributed by atoms with van der Waals surface area (Å²) in [6.07, 6.45) is 0. The monoisotopic (exact) mass is 358 g/mol. The minimum Gasteiger partial charge on any atom is -0.506 e. The molecule has 2 aromatic carbocycles. The number of carbonyl (C=O) groups excluding carboxylic acids is 1. The van der Waals surface area contributed by atoms with Gasteiger partial charge in [-0.2, -0.15) is 0 Å². The van der Waals surface area contributed by atoms with Crippen molar-refractivity contribution in [1.29, 1.82) is 0 Å². The molecular formula is C18H15ClN2O2S. The number of phenolic OH excluding ortho intramolecular Hbond substituents is 1. The molecule has 4 nitrogen and oxygen atoms in total. The molecule has 3 N–H and O–H groups in total. The van der Waals surface area contributed by atoms with Gasteiger partial charge in [0.2, 0.25) is 0 Å². The lowest BCUT2D eigenvalue weighted by Gasteiger charge is -2.30. The number of rotatable bonds is 3. The molecule has 1 aliphatic rings. The number of hydrogen-bond donors (Lipinski definition) is 3. The van der Waals surface area contributed by atoms with E-state index in [2.05, 4.69) is 10.6 Å². The summed E-state index contributed by atoms with van der Waals surface area (Å²) in [7, 11) is 0. The number of ketones is 1. The van der Waals surface area contributed by atoms with E-state index >= 15 is 0 Å². The van der Waals surface area contributed by atoms with Gasteiger partial charge in [-0.1, -0.05) is 48.0 Å². The highest BCUT2D eigenvalue weighted by molar-refractivity contribution is 7.80. The van der Waals surface area contributed by atoms with Gasteiger partial charge in [-0.05, 0) is 36.8 Å². The number of halogens is 1. The van der Waals surface area contributed by atoms with Crippen LogP contribution in [0.3, 0.4) is 0 Å². The number of phenols is 1. The van der Waals surface area contributed by atoms with Gasteiger partial charge in [-0.25, -0.2) is 0 Å². The largest absolute Gasteiger partial charge is 0.506 e. The number of Topliss-reactive ketones (excluding diaryl/α,β-unsaturated/α-hetero) is 1. The van der Waals surface area contributed by atoms with Crippen molar-refractivity contribution in [2.75, 3.05) is 0 Å². The number of carbonyl (C=O) groups is 1. The highest BCUT2D eigenvalue weighted by Gasteiger charge is 2.30. The second-order valence-electron chi connectivity index (χ2n) is 5.48. The SMILES string of the molecule is CC1=C(C(=O)c2ccccc2)C(c2ccc(O)c(Cl)c2)NC(=S)N1. The Labute approximate surface area is 150 Å². The summed E-state index contributed by atoms with van der Waals surface area (Å²) < 4.78 is 0. The minimum atomic E-state index is -0.440. The molecule has 1 heterocycles. The van der Waals surface area contributed by atoms with Crippen molar-refractivity contribution in [1.82, 2.24) is 10.6 Å². The molecule has 1 unspecified atom stereocenters. The molecule has 0 fully saturated rings. The zero-order chi connectivity index (χ0) is 17.3. The second-order valence-corrected chi connectivity index (χ2v) is 6.29. The van der Waals surface area contributed by atoms with Crippen LogP contribution in [0.1, 0.15) is 28.9 Å². The lowest BCUT2D eigenvalue weighted by Crippen LogP contribution is -2.44. The molecule has 2 aromatic rings. The predicted molar refractivity (Wildman–Crippen MR) is 98.2 cm³/mol. The fourth-order valence-electron chi connectivity index (χ4n) is 2.69. The second kappa shape index (κ2) is 6.63. The number of thiocarbonyl (C=S) groups is 1. The van der Waals surface area contributed by atoms with Crippen LogP contribution in [0.25, 0.3) is 0 Å². The fraction of sp³-hybridized carbons (Fsp3) is 0.111. The van der Waals surface area contributed by atoms with Gasteiger partial charge in [0.05, 0.1) is 11.1 Å². The van der Waals surface area contributed by atoms with Gasteiger partial charge < -0.3 is 15.7 Å². The van der Waals surface area contributed by atoms with Gasteiger partial charge in [-0.3, -0.25) is 4.79 Å². The van der Waals surface area contributed by atoms with Crippen molar-refractivity contribution in [3.05, 3.63) is 76.0 Å². The molecule has 6 heteroatoms. The van der Waals surface area contributed by atoms with Gasteiger partial charge in [-0.15, -0.1) is 0 Å². The third-order valence-electron chi connectivity index (χ3n) is 3.85. The smallest absolute Gasteiger partial charge is 0.193 e. The van der Waals surface area contributed by atoms with Crippen LogP contribution in [0.4, 0.5) is 0 Å². The topological polar surface area (TPSA) is 61.4 Å². The summed E-state index contributed by atoms with van der Waals surface area (Å²) >= 11 is 11.2. The van der Waals surface area contributed by atoms with Crippen LogP contribution >= 0.6 is 23.8 Å². The van der Waals surface area contributed by atoms with Crippen molar-refractivity contribution in [2.45, 2.75) is 13.0 Å². The van der Waals surface area contributed by atoms with E-state index < -0.39 is 6.04 Å². The van der Waals surface area contributed by atoms with E-state index in [4.69, 9.17) is 23.8 Å². The Bertz CT molecular complexity index is 849. The number of allylic oxidation sites excluding steroid dienone is 1. The molecule has 0 spiro atoms. The van der Waals surface area contributed by atoms with Gasteiger partial charge in [0, 0.05) is 16.8 Å². The van der Waals surface area contributed by atoms with Crippen molar-refractivity contribution < 1.29 is 9.90 Å². The fourth-order valence-corrected chi connectivity index (χ4v) is 3.15. The first-order valence-electron chi connectivity index (χ1n) is 7.34. The zero-order valence-electron chi connectivity index (χ0n) is 12.8. The lowest BCUT2D eigenvalue weighted by molar-refractivity contribution is 0.102. The van der Waals surface area contributed by atoms with Crippen LogP contribution < -0.4 is 10.6 Å². The average Bonchev–Trinajstić information content (AvgIpc) is 2.57.